The van der Waals surface area contributed by atoms with Crippen molar-refractivity contribution < 1.29 is 5.11 Å². The van der Waals surface area contributed by atoms with E-state index in [9.17, 15) is 0 Å². The molecular weight excluding hydrogens is 224 g/mol. The van der Waals surface area contributed by atoms with Gasteiger partial charge in [-0.3, -0.25) is 4.90 Å². The Labute approximate surface area is 111 Å². The summed E-state index contributed by atoms with van der Waals surface area (Å²) in [6.07, 6.45) is 4.49. The number of anilines is 1. The Balaban J connectivity index is 2.26. The van der Waals surface area contributed by atoms with Gasteiger partial charge in [-0.1, -0.05) is 31.9 Å². The minimum Gasteiger partial charge on any atom is -0.399 e. The van der Waals surface area contributed by atoms with E-state index in [-0.39, 0.29) is 0 Å². The lowest BCUT2D eigenvalue weighted by Crippen LogP contribution is -2.24. The highest BCUT2D eigenvalue weighted by Crippen LogP contribution is 2.10. The number of unbranched alkanes of at least 4 members (excludes halogenated alkanes) is 3. The van der Waals surface area contributed by atoms with Gasteiger partial charge in [-0.15, -0.1) is 0 Å². The van der Waals surface area contributed by atoms with Gasteiger partial charge in [0.05, 0.1) is 0 Å². The summed E-state index contributed by atoms with van der Waals surface area (Å²) in [7, 11) is 0. The lowest BCUT2D eigenvalue weighted by atomic mass is 10.1. The van der Waals surface area contributed by atoms with Crippen LogP contribution in [0.3, 0.4) is 0 Å². The molecule has 0 bridgehead atoms. The van der Waals surface area contributed by atoms with Gasteiger partial charge in [0.2, 0.25) is 0 Å². The van der Waals surface area contributed by atoms with Gasteiger partial charge >= 0.3 is 0 Å². The van der Waals surface area contributed by atoms with E-state index in [0.29, 0.717) is 6.61 Å². The van der Waals surface area contributed by atoms with Crippen molar-refractivity contribution in [2.24, 2.45) is 0 Å². The Hall–Kier alpha value is -1.06. The van der Waals surface area contributed by atoms with Gasteiger partial charge in [0.1, 0.15) is 0 Å². The molecule has 0 aliphatic rings. The second-order valence-electron chi connectivity index (χ2n) is 4.75. The molecule has 0 spiro atoms. The number of aliphatic hydroxyl groups excluding tert-OH is 1. The molecule has 0 heterocycles. The number of hydrogen-bond acceptors (Lipinski definition) is 3. The normalized spacial score (nSPS) is 11.1. The van der Waals surface area contributed by atoms with Crippen LogP contribution in [0, 0.1) is 0 Å². The highest BCUT2D eigenvalue weighted by molar-refractivity contribution is 5.39. The van der Waals surface area contributed by atoms with Crippen LogP contribution in [-0.4, -0.2) is 29.7 Å². The van der Waals surface area contributed by atoms with Crippen molar-refractivity contribution in [3.05, 3.63) is 29.8 Å². The predicted molar refractivity (Wildman–Crippen MR) is 77.4 cm³/mol. The number of benzene rings is 1. The third-order valence-electron chi connectivity index (χ3n) is 3.22. The van der Waals surface area contributed by atoms with Crippen LogP contribution in [0.5, 0.6) is 0 Å². The summed E-state index contributed by atoms with van der Waals surface area (Å²) in [6.45, 7) is 5.72. The Morgan fingerprint density at radius 1 is 1.06 bits per heavy atom. The molecule has 0 atom stereocenters. The first-order valence-electron chi connectivity index (χ1n) is 6.94. The minimum absolute atomic E-state index is 0.322. The zero-order valence-corrected chi connectivity index (χ0v) is 11.4. The summed E-state index contributed by atoms with van der Waals surface area (Å²) in [5, 5.41) is 8.72. The largest absolute Gasteiger partial charge is 0.399 e. The molecule has 0 saturated carbocycles. The van der Waals surface area contributed by atoms with Crippen LogP contribution < -0.4 is 5.73 Å². The Morgan fingerprint density at radius 3 is 2.33 bits per heavy atom. The first kappa shape index (κ1) is 15.0. The number of nitrogens with two attached hydrogens (primary N) is 1. The molecule has 3 nitrogen and oxygen atoms in total. The fourth-order valence-electron chi connectivity index (χ4n) is 2.03. The maximum absolute atomic E-state index is 8.72. The smallest absolute Gasteiger partial charge is 0.0431 e. The fraction of sp³-hybridized carbons (Fsp3) is 0.600. The molecule has 3 N–H and O–H groups in total. The average Bonchev–Trinajstić information content (AvgIpc) is 2.39. The summed E-state index contributed by atoms with van der Waals surface area (Å²) in [4.78, 5) is 2.45. The second-order valence-corrected chi connectivity index (χ2v) is 4.75. The van der Waals surface area contributed by atoms with Crippen molar-refractivity contribution in [2.45, 2.75) is 39.2 Å². The molecule has 0 radical (unpaired) electrons. The number of nitrogen functional groups attached to an aromatic ring is 1. The Kier molecular flexibility index (Phi) is 7.46. The summed E-state index contributed by atoms with van der Waals surface area (Å²) in [5.41, 5.74) is 7.83. The molecule has 1 rings (SSSR count). The Morgan fingerprint density at radius 2 is 1.72 bits per heavy atom. The zero-order chi connectivity index (χ0) is 13.2. The summed E-state index contributed by atoms with van der Waals surface area (Å²) >= 11 is 0. The second kappa shape index (κ2) is 8.95. The molecular formula is C15H26N2O. The minimum atomic E-state index is 0.322. The maximum atomic E-state index is 8.72. The third kappa shape index (κ3) is 6.03. The van der Waals surface area contributed by atoms with Gasteiger partial charge in [-0.05, 0) is 43.6 Å². The molecule has 0 aliphatic heterocycles. The van der Waals surface area contributed by atoms with Crippen LogP contribution in [0.1, 0.15) is 38.2 Å². The zero-order valence-electron chi connectivity index (χ0n) is 11.4. The lowest BCUT2D eigenvalue weighted by molar-refractivity contribution is 0.262. The van der Waals surface area contributed by atoms with Gasteiger partial charge in [0.15, 0.2) is 0 Å². The first-order chi connectivity index (χ1) is 8.76. The van der Waals surface area contributed by atoms with Crippen LogP contribution in [0.25, 0.3) is 0 Å². The van der Waals surface area contributed by atoms with Crippen LogP contribution in [0.2, 0.25) is 0 Å². The van der Waals surface area contributed by atoms with E-state index in [2.05, 4.69) is 24.0 Å². The summed E-state index contributed by atoms with van der Waals surface area (Å²) in [6, 6.07) is 8.13. The molecule has 1 aromatic carbocycles. The van der Waals surface area contributed by atoms with Crippen molar-refractivity contribution in [3.8, 4) is 0 Å². The van der Waals surface area contributed by atoms with Gasteiger partial charge in [0, 0.05) is 18.8 Å². The SMILES string of the molecule is CCN(CCCCCCO)Cc1ccc(N)cc1. The fourth-order valence-corrected chi connectivity index (χ4v) is 2.03. The van der Waals surface area contributed by atoms with Gasteiger partial charge < -0.3 is 10.8 Å². The molecule has 0 saturated heterocycles. The van der Waals surface area contributed by atoms with E-state index in [1.54, 1.807) is 0 Å². The van der Waals surface area contributed by atoms with Crippen LogP contribution >= 0.6 is 0 Å². The predicted octanol–water partition coefficient (Wildman–Crippen LogP) is 2.64. The molecule has 0 aliphatic carbocycles. The number of nitrogens with zero attached hydrogens (tertiary/aromatic N) is 1. The quantitative estimate of drug-likeness (QED) is 0.523. The summed E-state index contributed by atoms with van der Waals surface area (Å²) in [5.74, 6) is 0. The topological polar surface area (TPSA) is 49.5 Å². The summed E-state index contributed by atoms with van der Waals surface area (Å²) < 4.78 is 0. The first-order valence-corrected chi connectivity index (χ1v) is 6.94. The number of rotatable bonds is 9. The van der Waals surface area contributed by atoms with E-state index < -0.39 is 0 Å². The van der Waals surface area contributed by atoms with Crippen molar-refractivity contribution in [1.29, 1.82) is 0 Å². The van der Waals surface area contributed by atoms with Gasteiger partial charge in [-0.2, -0.15) is 0 Å². The molecule has 0 aromatic heterocycles. The van der Waals surface area contributed by atoms with E-state index in [1.165, 1.54) is 18.4 Å². The molecule has 3 heteroatoms. The highest BCUT2D eigenvalue weighted by atomic mass is 16.2. The van der Waals surface area contributed by atoms with Crippen molar-refractivity contribution in [3.63, 3.8) is 0 Å². The van der Waals surface area contributed by atoms with Gasteiger partial charge in [-0.25, -0.2) is 0 Å². The maximum Gasteiger partial charge on any atom is 0.0431 e. The van der Waals surface area contributed by atoms with Crippen LogP contribution in [0.15, 0.2) is 24.3 Å². The van der Waals surface area contributed by atoms with E-state index >= 15 is 0 Å². The van der Waals surface area contributed by atoms with Crippen LogP contribution in [0.4, 0.5) is 5.69 Å². The molecule has 18 heavy (non-hydrogen) atoms. The molecule has 102 valence electrons. The van der Waals surface area contributed by atoms with E-state index in [0.717, 1.165) is 38.2 Å². The Bertz CT molecular complexity index is 311. The monoisotopic (exact) mass is 250 g/mol. The highest BCUT2D eigenvalue weighted by Gasteiger charge is 2.03. The molecule has 0 unspecified atom stereocenters. The van der Waals surface area contributed by atoms with E-state index in [1.807, 2.05) is 12.1 Å². The van der Waals surface area contributed by atoms with Gasteiger partial charge in [0.25, 0.3) is 0 Å². The number of aliphatic hydroxyl groups is 1. The van der Waals surface area contributed by atoms with Crippen molar-refractivity contribution in [1.82, 2.24) is 4.90 Å². The van der Waals surface area contributed by atoms with Crippen molar-refractivity contribution >= 4 is 5.69 Å². The standard InChI is InChI=1S/C15H26N2O/c1-2-17(11-5-3-4-6-12-18)13-14-7-9-15(16)10-8-14/h7-10,18H,2-6,11-13,16H2,1H3. The molecule has 0 amide bonds. The lowest BCUT2D eigenvalue weighted by Gasteiger charge is -2.20. The van der Waals surface area contributed by atoms with Crippen LogP contribution in [-0.2, 0) is 6.54 Å². The van der Waals surface area contributed by atoms with Crippen molar-refractivity contribution in [2.75, 3.05) is 25.4 Å². The third-order valence-corrected chi connectivity index (χ3v) is 3.22. The number of hydrogen-bond donors (Lipinski definition) is 2. The van der Waals surface area contributed by atoms with E-state index in [4.69, 9.17) is 10.8 Å². The molecule has 0 fully saturated rings. The molecule has 1 aromatic rings. The average molecular weight is 250 g/mol.